The van der Waals surface area contributed by atoms with Gasteiger partial charge in [0.05, 0.1) is 0 Å². The second kappa shape index (κ2) is 6.53. The van der Waals surface area contributed by atoms with E-state index in [0.29, 0.717) is 11.5 Å². The van der Waals surface area contributed by atoms with E-state index in [-0.39, 0.29) is 0 Å². The summed E-state index contributed by atoms with van der Waals surface area (Å²) >= 11 is 0. The maximum Gasteiger partial charge on any atom is 0.0235 e. The summed E-state index contributed by atoms with van der Waals surface area (Å²) in [5, 5.41) is 3.70. The Hall–Kier alpha value is -0.860. The fourth-order valence-corrected chi connectivity index (χ4v) is 2.93. The summed E-state index contributed by atoms with van der Waals surface area (Å²) < 4.78 is 0. The molecule has 0 saturated carbocycles. The molecule has 2 rings (SSSR count). The summed E-state index contributed by atoms with van der Waals surface area (Å²) in [6.07, 6.45) is 2.41. The van der Waals surface area contributed by atoms with Gasteiger partial charge in [-0.1, -0.05) is 51.1 Å². The molecule has 19 heavy (non-hydrogen) atoms. The zero-order valence-corrected chi connectivity index (χ0v) is 12.7. The summed E-state index contributed by atoms with van der Waals surface area (Å²) in [5.41, 5.74) is 1.83. The van der Waals surface area contributed by atoms with Crippen molar-refractivity contribution in [1.82, 2.24) is 10.2 Å². The molecule has 1 heterocycles. The molecule has 0 radical (unpaired) electrons. The van der Waals surface area contributed by atoms with Crippen LogP contribution in [0.1, 0.15) is 32.8 Å². The Kier molecular flexibility index (Phi) is 5.00. The number of benzene rings is 1. The largest absolute Gasteiger partial charge is 0.312 e. The van der Waals surface area contributed by atoms with Gasteiger partial charge in [-0.25, -0.2) is 0 Å². The monoisotopic (exact) mass is 260 g/mol. The third-order valence-electron chi connectivity index (χ3n) is 3.59. The zero-order chi connectivity index (χ0) is 13.7. The van der Waals surface area contributed by atoms with Crippen LogP contribution in [0.5, 0.6) is 0 Å². The molecular formula is C17H28N2. The number of nitrogens with zero attached hydrogens (tertiary/aromatic N) is 1. The third kappa shape index (κ3) is 5.33. The van der Waals surface area contributed by atoms with Gasteiger partial charge in [0.15, 0.2) is 0 Å². The highest BCUT2D eigenvalue weighted by atomic mass is 15.2. The summed E-state index contributed by atoms with van der Waals surface area (Å²) in [5.74, 6) is 0. The molecule has 1 atom stereocenters. The maximum atomic E-state index is 3.70. The van der Waals surface area contributed by atoms with Crippen molar-refractivity contribution in [3.05, 3.63) is 35.9 Å². The molecule has 2 heteroatoms. The Bertz CT molecular complexity index is 367. The Morgan fingerprint density at radius 3 is 2.63 bits per heavy atom. The van der Waals surface area contributed by atoms with Crippen molar-refractivity contribution in [2.75, 3.05) is 26.2 Å². The Morgan fingerprint density at radius 2 is 1.95 bits per heavy atom. The lowest BCUT2D eigenvalue weighted by molar-refractivity contribution is 0.188. The molecule has 1 saturated heterocycles. The fourth-order valence-electron chi connectivity index (χ4n) is 2.93. The first-order valence-electron chi connectivity index (χ1n) is 7.53. The molecule has 1 N–H and O–H groups in total. The molecule has 1 fully saturated rings. The van der Waals surface area contributed by atoms with Gasteiger partial charge in [-0.3, -0.25) is 0 Å². The van der Waals surface area contributed by atoms with Crippen molar-refractivity contribution in [2.45, 2.75) is 39.7 Å². The van der Waals surface area contributed by atoms with Crippen molar-refractivity contribution < 1.29 is 0 Å². The standard InChI is InChI=1S/C17H28N2/c1-17(2,3)14-19-11-7-10-18-16(13-19)12-15-8-5-4-6-9-15/h4-6,8-9,16,18H,7,10-14H2,1-3H3. The predicted octanol–water partition coefficient (Wildman–Crippen LogP) is 2.94. The van der Waals surface area contributed by atoms with E-state index in [0.717, 1.165) is 13.0 Å². The van der Waals surface area contributed by atoms with Gasteiger partial charge in [0, 0.05) is 19.1 Å². The second-order valence-corrected chi connectivity index (χ2v) is 6.99. The summed E-state index contributed by atoms with van der Waals surface area (Å²) in [4.78, 5) is 2.63. The van der Waals surface area contributed by atoms with Gasteiger partial charge in [-0.2, -0.15) is 0 Å². The first kappa shape index (κ1) is 14.5. The first-order chi connectivity index (χ1) is 9.03. The molecule has 0 aliphatic carbocycles. The molecule has 1 unspecified atom stereocenters. The van der Waals surface area contributed by atoms with E-state index in [1.54, 1.807) is 0 Å². The molecule has 2 nitrogen and oxygen atoms in total. The minimum atomic E-state index is 0.391. The predicted molar refractivity (Wildman–Crippen MR) is 82.4 cm³/mol. The molecular weight excluding hydrogens is 232 g/mol. The number of hydrogen-bond acceptors (Lipinski definition) is 2. The molecule has 1 aromatic rings. The molecule has 1 aliphatic rings. The van der Waals surface area contributed by atoms with Crippen LogP contribution >= 0.6 is 0 Å². The van der Waals surface area contributed by atoms with Gasteiger partial charge in [0.25, 0.3) is 0 Å². The molecule has 0 bridgehead atoms. The van der Waals surface area contributed by atoms with Gasteiger partial charge in [0.2, 0.25) is 0 Å². The van der Waals surface area contributed by atoms with Crippen LogP contribution in [0.3, 0.4) is 0 Å². The van der Waals surface area contributed by atoms with Gasteiger partial charge >= 0.3 is 0 Å². The Balaban J connectivity index is 1.93. The molecule has 0 spiro atoms. The van der Waals surface area contributed by atoms with Crippen LogP contribution in [-0.2, 0) is 6.42 Å². The van der Waals surface area contributed by atoms with E-state index >= 15 is 0 Å². The summed E-state index contributed by atoms with van der Waals surface area (Å²) in [7, 11) is 0. The Labute approximate surface area is 118 Å². The topological polar surface area (TPSA) is 15.3 Å². The van der Waals surface area contributed by atoms with Crippen LogP contribution < -0.4 is 5.32 Å². The highest BCUT2D eigenvalue weighted by molar-refractivity contribution is 5.16. The lowest BCUT2D eigenvalue weighted by Gasteiger charge is -2.30. The minimum absolute atomic E-state index is 0.391. The van der Waals surface area contributed by atoms with Gasteiger partial charge in [0.1, 0.15) is 0 Å². The lowest BCUT2D eigenvalue weighted by Crippen LogP contribution is -2.42. The first-order valence-corrected chi connectivity index (χ1v) is 7.53. The van der Waals surface area contributed by atoms with E-state index < -0.39 is 0 Å². The number of nitrogens with one attached hydrogen (secondary N) is 1. The van der Waals surface area contributed by atoms with Crippen LogP contribution in [0.15, 0.2) is 30.3 Å². The van der Waals surface area contributed by atoms with E-state index in [1.807, 2.05) is 0 Å². The fraction of sp³-hybridized carbons (Fsp3) is 0.647. The molecule has 1 aromatic carbocycles. The average Bonchev–Trinajstić information content (AvgIpc) is 2.53. The molecule has 0 amide bonds. The van der Waals surface area contributed by atoms with Gasteiger partial charge < -0.3 is 10.2 Å². The van der Waals surface area contributed by atoms with Crippen LogP contribution in [0.4, 0.5) is 0 Å². The molecule has 106 valence electrons. The normalized spacial score (nSPS) is 22.2. The van der Waals surface area contributed by atoms with E-state index in [1.165, 1.54) is 31.6 Å². The van der Waals surface area contributed by atoms with Gasteiger partial charge in [-0.05, 0) is 36.9 Å². The quantitative estimate of drug-likeness (QED) is 0.899. The van der Waals surface area contributed by atoms with Crippen molar-refractivity contribution in [3.8, 4) is 0 Å². The minimum Gasteiger partial charge on any atom is -0.312 e. The Morgan fingerprint density at radius 1 is 1.21 bits per heavy atom. The van der Waals surface area contributed by atoms with Crippen LogP contribution in [0, 0.1) is 5.41 Å². The van der Waals surface area contributed by atoms with Crippen molar-refractivity contribution in [1.29, 1.82) is 0 Å². The van der Waals surface area contributed by atoms with Crippen LogP contribution in [0.25, 0.3) is 0 Å². The van der Waals surface area contributed by atoms with E-state index in [4.69, 9.17) is 0 Å². The van der Waals surface area contributed by atoms with Crippen LogP contribution in [0.2, 0.25) is 0 Å². The highest BCUT2D eigenvalue weighted by Crippen LogP contribution is 2.17. The van der Waals surface area contributed by atoms with Gasteiger partial charge in [-0.15, -0.1) is 0 Å². The number of rotatable bonds is 3. The van der Waals surface area contributed by atoms with E-state index in [2.05, 4.69) is 61.3 Å². The summed E-state index contributed by atoms with van der Waals surface area (Å²) in [6.45, 7) is 11.7. The lowest BCUT2D eigenvalue weighted by atomic mass is 9.95. The number of hydrogen-bond donors (Lipinski definition) is 1. The maximum absolute atomic E-state index is 3.70. The van der Waals surface area contributed by atoms with Crippen molar-refractivity contribution in [3.63, 3.8) is 0 Å². The molecule has 0 aromatic heterocycles. The van der Waals surface area contributed by atoms with E-state index in [9.17, 15) is 0 Å². The van der Waals surface area contributed by atoms with Crippen molar-refractivity contribution >= 4 is 0 Å². The SMILES string of the molecule is CC(C)(C)CN1CCCNC(Cc2ccccc2)C1. The smallest absolute Gasteiger partial charge is 0.0235 e. The average molecular weight is 260 g/mol. The third-order valence-corrected chi connectivity index (χ3v) is 3.59. The highest BCUT2D eigenvalue weighted by Gasteiger charge is 2.22. The van der Waals surface area contributed by atoms with Crippen molar-refractivity contribution in [2.24, 2.45) is 5.41 Å². The molecule has 1 aliphatic heterocycles. The zero-order valence-electron chi connectivity index (χ0n) is 12.7. The summed E-state index contributed by atoms with van der Waals surface area (Å²) in [6, 6.07) is 11.4. The van der Waals surface area contributed by atoms with Crippen LogP contribution in [-0.4, -0.2) is 37.1 Å². The second-order valence-electron chi connectivity index (χ2n) is 6.99.